The highest BCUT2D eigenvalue weighted by molar-refractivity contribution is 8.13. The normalized spacial score (nSPS) is 21.0. The van der Waals surface area contributed by atoms with E-state index < -0.39 is 0 Å². The molecule has 0 atom stereocenters. The first-order chi connectivity index (χ1) is 2.89. The molecule has 1 rings (SSSR count). The van der Waals surface area contributed by atoms with Crippen molar-refractivity contribution >= 4 is 17.1 Å². The van der Waals surface area contributed by atoms with E-state index in [1.54, 1.807) is 0 Å². The van der Waals surface area contributed by atoms with E-state index in [1.165, 1.54) is 11.8 Å². The molecule has 3 heteroatoms. The summed E-state index contributed by atoms with van der Waals surface area (Å²) in [6.45, 7) is 0.663. The first-order valence-corrected chi connectivity index (χ1v) is 2.69. The molecular formula is C3H5O2S+. The van der Waals surface area contributed by atoms with Crippen LogP contribution < -0.4 is 0 Å². The van der Waals surface area contributed by atoms with Gasteiger partial charge in [0.2, 0.25) is 0 Å². The lowest BCUT2D eigenvalue weighted by Crippen LogP contribution is -1.86. The molecule has 2 nitrogen and oxygen atoms in total. The fraction of sp³-hybridized carbons (Fsp3) is 0.667. The Morgan fingerprint density at radius 1 is 1.83 bits per heavy atom. The van der Waals surface area contributed by atoms with E-state index in [-0.39, 0.29) is 5.30 Å². The van der Waals surface area contributed by atoms with Gasteiger partial charge in [-0.1, -0.05) is 0 Å². The van der Waals surface area contributed by atoms with Crippen molar-refractivity contribution in [1.29, 1.82) is 0 Å². The molecule has 0 aliphatic carbocycles. The van der Waals surface area contributed by atoms with Gasteiger partial charge in [-0.2, -0.15) is 0 Å². The predicted molar refractivity (Wildman–Crippen MR) is 25.4 cm³/mol. The van der Waals surface area contributed by atoms with Crippen molar-refractivity contribution in [2.45, 2.75) is 0 Å². The van der Waals surface area contributed by atoms with E-state index in [4.69, 9.17) is 4.79 Å². The molecule has 1 saturated heterocycles. The van der Waals surface area contributed by atoms with Crippen LogP contribution in [-0.4, -0.2) is 22.5 Å². The molecule has 6 heavy (non-hydrogen) atoms. The van der Waals surface area contributed by atoms with Gasteiger partial charge in [-0.3, -0.25) is 0 Å². The van der Waals surface area contributed by atoms with Crippen molar-refractivity contribution in [1.82, 2.24) is 0 Å². The lowest BCUT2D eigenvalue weighted by atomic mass is 10.9. The van der Waals surface area contributed by atoms with Crippen LogP contribution in [0.2, 0.25) is 0 Å². The molecule has 34 valence electrons. The Bertz CT molecular complexity index is 63.2. The van der Waals surface area contributed by atoms with Gasteiger partial charge in [0.15, 0.2) is 6.61 Å². The third kappa shape index (κ3) is 0.653. The van der Waals surface area contributed by atoms with Gasteiger partial charge < -0.3 is 9.53 Å². The number of carbonyl (C=O) groups excluding carboxylic acids is 1. The van der Waals surface area contributed by atoms with Crippen molar-refractivity contribution < 1.29 is 9.53 Å². The molecule has 1 N–H and O–H groups in total. The molecule has 0 amide bonds. The minimum Gasteiger partial charge on any atom is -0.330 e. The number of rotatable bonds is 0. The van der Waals surface area contributed by atoms with E-state index >= 15 is 0 Å². The highest BCUT2D eigenvalue weighted by atomic mass is 32.2. The summed E-state index contributed by atoms with van der Waals surface area (Å²) in [5.74, 6) is 0.895. The smallest absolute Gasteiger partial charge is 0.330 e. The second-order valence-corrected chi connectivity index (χ2v) is 2.01. The summed E-state index contributed by atoms with van der Waals surface area (Å²) in [7, 11) is 0. The minimum absolute atomic E-state index is 0.120. The predicted octanol–water partition coefficient (Wildman–Crippen LogP) is 0.210. The Hall–Kier alpha value is -0.180. The number of hydrogen-bond acceptors (Lipinski definition) is 2. The molecule has 0 bridgehead atoms. The lowest BCUT2D eigenvalue weighted by Gasteiger charge is -1.66. The Morgan fingerprint density at radius 2 is 2.67 bits per heavy atom. The number of thioether (sulfide) groups is 1. The standard InChI is InChI=1S/C3H4O2S/c4-3-5-1-2-6-3/h1-2H2/p+1. The Balaban J connectivity index is 2.37. The van der Waals surface area contributed by atoms with Gasteiger partial charge in [0, 0.05) is 11.8 Å². The van der Waals surface area contributed by atoms with Crippen LogP contribution in [0, 0.1) is 0 Å². The van der Waals surface area contributed by atoms with Crippen LogP contribution in [0.25, 0.3) is 0 Å². The van der Waals surface area contributed by atoms with Gasteiger partial charge in [-0.15, -0.1) is 0 Å². The molecule has 0 aromatic heterocycles. The topological polar surface area (TPSA) is 30.6 Å². The molecule has 1 aliphatic heterocycles. The van der Waals surface area contributed by atoms with Gasteiger partial charge in [-0.25, -0.2) is 0 Å². The first-order valence-electron chi connectivity index (χ1n) is 1.71. The molecule has 0 saturated carbocycles. The summed E-state index contributed by atoms with van der Waals surface area (Å²) in [6, 6.07) is 0. The van der Waals surface area contributed by atoms with E-state index in [0.29, 0.717) is 6.61 Å². The van der Waals surface area contributed by atoms with Gasteiger partial charge in [0.25, 0.3) is 0 Å². The SMILES string of the molecule is [OH+]=C1OCCS1. The molecule has 1 heterocycles. The third-order valence-electron chi connectivity index (χ3n) is 0.534. The summed E-state index contributed by atoms with van der Waals surface area (Å²) < 4.78 is 4.59. The quantitative estimate of drug-likeness (QED) is 0.325. The summed E-state index contributed by atoms with van der Waals surface area (Å²) in [6.07, 6.45) is 0. The first kappa shape index (κ1) is 3.99. The maximum Gasteiger partial charge on any atom is 0.550 e. The van der Waals surface area contributed by atoms with Crippen LogP contribution in [0.5, 0.6) is 0 Å². The fourth-order valence-corrected chi connectivity index (χ4v) is 0.808. The van der Waals surface area contributed by atoms with E-state index in [9.17, 15) is 0 Å². The summed E-state index contributed by atoms with van der Waals surface area (Å²) in [5.41, 5.74) is 0. The molecule has 0 spiro atoms. The van der Waals surface area contributed by atoms with Crippen molar-refractivity contribution in [3.63, 3.8) is 0 Å². The van der Waals surface area contributed by atoms with E-state index in [1.807, 2.05) is 0 Å². The van der Waals surface area contributed by atoms with Crippen LogP contribution >= 0.6 is 11.8 Å². The zero-order chi connectivity index (χ0) is 4.41. The molecule has 0 aromatic rings. The highest BCUT2D eigenvalue weighted by Gasteiger charge is 2.20. The van der Waals surface area contributed by atoms with Crippen molar-refractivity contribution in [2.75, 3.05) is 12.4 Å². The molecule has 1 fully saturated rings. The van der Waals surface area contributed by atoms with Gasteiger partial charge >= 0.3 is 5.30 Å². The zero-order valence-corrected chi connectivity index (χ0v) is 3.99. The van der Waals surface area contributed by atoms with E-state index in [2.05, 4.69) is 4.74 Å². The fourth-order valence-electron chi connectivity index (χ4n) is 0.300. The number of cyclic esters (lactones) is 1. The zero-order valence-electron chi connectivity index (χ0n) is 3.18. The Morgan fingerprint density at radius 3 is 2.83 bits per heavy atom. The van der Waals surface area contributed by atoms with Crippen molar-refractivity contribution in [3.8, 4) is 0 Å². The average molecular weight is 105 g/mol. The average Bonchev–Trinajstić information content (AvgIpc) is 1.86. The summed E-state index contributed by atoms with van der Waals surface area (Å²) in [5, 5.41) is 0.120. The maximum atomic E-state index is 8.39. The highest BCUT2D eigenvalue weighted by Crippen LogP contribution is 2.09. The van der Waals surface area contributed by atoms with Crippen molar-refractivity contribution in [3.05, 3.63) is 0 Å². The molecule has 1 aliphatic rings. The second kappa shape index (κ2) is 1.51. The van der Waals surface area contributed by atoms with Crippen molar-refractivity contribution in [2.24, 2.45) is 0 Å². The monoisotopic (exact) mass is 105 g/mol. The largest absolute Gasteiger partial charge is 0.550 e. The second-order valence-electron chi connectivity index (χ2n) is 0.963. The summed E-state index contributed by atoms with van der Waals surface area (Å²) in [4.78, 5) is 8.39. The van der Waals surface area contributed by atoms with Gasteiger partial charge in [0.05, 0.1) is 5.75 Å². The van der Waals surface area contributed by atoms with Crippen LogP contribution in [0.3, 0.4) is 0 Å². The van der Waals surface area contributed by atoms with Gasteiger partial charge in [0.1, 0.15) is 0 Å². The third-order valence-corrected chi connectivity index (χ3v) is 1.27. The molecule has 0 unspecified atom stereocenters. The Kier molecular flexibility index (Phi) is 1.01. The lowest BCUT2D eigenvalue weighted by molar-refractivity contribution is 0.320. The van der Waals surface area contributed by atoms with E-state index in [0.717, 1.165) is 5.75 Å². The minimum atomic E-state index is 0.120. The van der Waals surface area contributed by atoms with Crippen LogP contribution in [0.1, 0.15) is 0 Å². The van der Waals surface area contributed by atoms with Crippen LogP contribution in [0.4, 0.5) is 0 Å². The number of ether oxygens (including phenoxy) is 1. The molecule has 0 radical (unpaired) electrons. The Labute approximate surface area is 39.9 Å². The maximum absolute atomic E-state index is 8.39. The molecular weight excluding hydrogens is 100 g/mol. The number of hydrogen-bond donors (Lipinski definition) is 0. The van der Waals surface area contributed by atoms with Crippen LogP contribution in [-0.2, 0) is 4.74 Å². The van der Waals surface area contributed by atoms with Gasteiger partial charge in [-0.05, 0) is 0 Å². The molecule has 0 aromatic carbocycles. The van der Waals surface area contributed by atoms with Crippen LogP contribution in [0.15, 0.2) is 0 Å². The summed E-state index contributed by atoms with van der Waals surface area (Å²) >= 11 is 1.35.